The van der Waals surface area contributed by atoms with Gasteiger partial charge < -0.3 is 29.3 Å². The van der Waals surface area contributed by atoms with Crippen LogP contribution in [0.25, 0.3) is 0 Å². The van der Waals surface area contributed by atoms with Gasteiger partial charge in [0.05, 0.1) is 23.1 Å². The van der Waals surface area contributed by atoms with Gasteiger partial charge in [0.25, 0.3) is 0 Å². The molecule has 2 aromatic heterocycles. The highest BCUT2D eigenvalue weighted by Gasteiger charge is 2.54. The molecule has 6 heterocycles. The summed E-state index contributed by atoms with van der Waals surface area (Å²) in [6.45, 7) is 14.5. The van der Waals surface area contributed by atoms with Crippen molar-refractivity contribution in [3.05, 3.63) is 65.6 Å². The third-order valence-corrected chi connectivity index (χ3v) is 11.6. The number of aldehydes is 1. The van der Waals surface area contributed by atoms with Gasteiger partial charge in [-0.15, -0.1) is 0 Å². The molecule has 1 unspecified atom stereocenters. The van der Waals surface area contributed by atoms with Crippen LogP contribution in [-0.2, 0) is 11.2 Å². The van der Waals surface area contributed by atoms with E-state index in [4.69, 9.17) is 19.2 Å². The Balaban J connectivity index is 0.000000548. The molecule has 3 aromatic rings. The van der Waals surface area contributed by atoms with E-state index in [1.807, 2.05) is 12.3 Å². The number of hydrogen-bond acceptors (Lipinski definition) is 11. The first-order valence-electron chi connectivity index (χ1n) is 19.1. The molecule has 8 rings (SSSR count). The van der Waals surface area contributed by atoms with Gasteiger partial charge in [-0.05, 0) is 96.8 Å². The molecule has 4 fully saturated rings. The van der Waals surface area contributed by atoms with E-state index in [1.165, 1.54) is 36.9 Å². The van der Waals surface area contributed by atoms with Gasteiger partial charge in [-0.3, -0.25) is 14.7 Å². The Bertz CT molecular complexity index is 1680. The van der Waals surface area contributed by atoms with Crippen LogP contribution < -0.4 is 19.7 Å². The topological polar surface area (TPSA) is 105 Å². The predicted octanol–water partition coefficient (Wildman–Crippen LogP) is 5.84. The smallest absolute Gasteiger partial charge is 0.188 e. The molecule has 0 bridgehead atoms. The van der Waals surface area contributed by atoms with Gasteiger partial charge in [-0.2, -0.15) is 0 Å². The van der Waals surface area contributed by atoms with Crippen molar-refractivity contribution in [2.45, 2.75) is 89.5 Å². The zero-order valence-electron chi connectivity index (χ0n) is 31.2. The number of anilines is 1. The number of pyridine rings is 1. The zero-order chi connectivity index (χ0) is 36.3. The monoisotopic (exact) mass is 715 g/mol. The number of benzene rings is 1. The first-order chi connectivity index (χ1) is 25.2. The molecule has 11 nitrogen and oxygen atoms in total. The first-order valence-corrected chi connectivity index (χ1v) is 19.1. The van der Waals surface area contributed by atoms with Crippen LogP contribution in [0.3, 0.4) is 0 Å². The average molecular weight is 716 g/mol. The molecule has 3 saturated heterocycles. The zero-order valence-corrected chi connectivity index (χ0v) is 31.2. The van der Waals surface area contributed by atoms with E-state index in [0.29, 0.717) is 23.9 Å². The van der Waals surface area contributed by atoms with E-state index >= 15 is 0 Å². The van der Waals surface area contributed by atoms with Crippen molar-refractivity contribution < 1.29 is 23.4 Å². The molecule has 1 saturated carbocycles. The second-order valence-corrected chi connectivity index (χ2v) is 15.7. The maximum absolute atomic E-state index is 13.6. The van der Waals surface area contributed by atoms with Gasteiger partial charge in [0.15, 0.2) is 17.9 Å². The van der Waals surface area contributed by atoms with Crippen LogP contribution in [0.4, 0.5) is 10.2 Å². The molecule has 1 atom stereocenters. The number of nitrogens with zero attached hydrogens (tertiary/aromatic N) is 6. The Morgan fingerprint density at radius 3 is 2.67 bits per heavy atom. The lowest BCUT2D eigenvalue weighted by molar-refractivity contribution is -0.111. The van der Waals surface area contributed by atoms with E-state index in [2.05, 4.69) is 57.8 Å². The van der Waals surface area contributed by atoms with Crippen LogP contribution in [0, 0.1) is 11.2 Å². The third kappa shape index (κ3) is 7.95. The summed E-state index contributed by atoms with van der Waals surface area (Å²) in [5, 5.41) is 3.75. The molecule has 2 spiro atoms. The van der Waals surface area contributed by atoms with E-state index < -0.39 is 5.82 Å². The van der Waals surface area contributed by atoms with Crippen LogP contribution in [0.15, 0.2) is 43.0 Å². The van der Waals surface area contributed by atoms with Crippen LogP contribution in [0.1, 0.15) is 87.0 Å². The molecule has 4 aliphatic heterocycles. The van der Waals surface area contributed by atoms with Gasteiger partial charge in [-0.25, -0.2) is 14.4 Å². The lowest BCUT2D eigenvalue weighted by atomic mass is 9.61. The molecular formula is C40H54FN7O4. The minimum absolute atomic E-state index is 0.142. The van der Waals surface area contributed by atoms with Crippen molar-refractivity contribution in [3.8, 4) is 17.2 Å². The lowest BCUT2D eigenvalue weighted by Crippen LogP contribution is -2.65. The standard InChI is InChI=1S/C34H39FN6O4.C6H15N/c35-24-4-5-28(23(13-24)17-42)45-30-16-36-22-39-32(30)41-18-33(19-41)14-25(15-33)44-29-7-10-38-27-6-9-37-26(31(27)29)3-1-11-40-20-34(21-40)8-2-12-43-34;1-5-7(4)6(2)3/h4-5,7,10,13,16-17,22,25-26,37H,1-3,6,8-9,11-12,14-15,18-21H2;6H,5H2,1-4H3. The summed E-state index contributed by atoms with van der Waals surface area (Å²) >= 11 is 0. The molecular weight excluding hydrogens is 661 g/mol. The van der Waals surface area contributed by atoms with E-state index in [9.17, 15) is 9.18 Å². The number of aromatic nitrogens is 3. The number of ether oxygens (including phenoxy) is 3. The fourth-order valence-corrected chi connectivity index (χ4v) is 8.48. The van der Waals surface area contributed by atoms with Crippen LogP contribution in [-0.4, -0.2) is 108 Å². The van der Waals surface area contributed by atoms with Crippen molar-refractivity contribution in [1.82, 2.24) is 30.1 Å². The number of hydrogen-bond donors (Lipinski definition) is 1. The minimum Gasteiger partial charge on any atom is -0.490 e. The molecule has 280 valence electrons. The quantitative estimate of drug-likeness (QED) is 0.229. The summed E-state index contributed by atoms with van der Waals surface area (Å²) in [5.74, 6) is 1.87. The van der Waals surface area contributed by atoms with Gasteiger partial charge in [0.2, 0.25) is 0 Å². The molecule has 52 heavy (non-hydrogen) atoms. The van der Waals surface area contributed by atoms with Crippen molar-refractivity contribution in [2.24, 2.45) is 5.41 Å². The Labute approximate surface area is 307 Å². The van der Waals surface area contributed by atoms with Gasteiger partial charge in [0.1, 0.15) is 29.7 Å². The van der Waals surface area contributed by atoms with Crippen molar-refractivity contribution in [2.75, 3.05) is 64.4 Å². The van der Waals surface area contributed by atoms with Crippen molar-refractivity contribution in [3.63, 3.8) is 0 Å². The van der Waals surface area contributed by atoms with Gasteiger partial charge in [0, 0.05) is 75.0 Å². The average Bonchev–Trinajstić information content (AvgIpc) is 3.60. The maximum Gasteiger partial charge on any atom is 0.188 e. The number of rotatable bonds is 12. The van der Waals surface area contributed by atoms with Crippen molar-refractivity contribution in [1.29, 1.82) is 0 Å². The molecule has 1 aliphatic carbocycles. The van der Waals surface area contributed by atoms with E-state index in [1.54, 1.807) is 6.20 Å². The Morgan fingerprint density at radius 1 is 1.13 bits per heavy atom. The number of nitrogens with one attached hydrogen (secondary N) is 1. The van der Waals surface area contributed by atoms with Crippen LogP contribution in [0.2, 0.25) is 0 Å². The summed E-state index contributed by atoms with van der Waals surface area (Å²) in [6, 6.07) is 6.88. The molecule has 1 N–H and O–H groups in total. The van der Waals surface area contributed by atoms with E-state index in [-0.39, 0.29) is 34.5 Å². The Kier molecular flexibility index (Phi) is 11.1. The van der Waals surface area contributed by atoms with Crippen molar-refractivity contribution >= 4 is 12.1 Å². The number of halogens is 1. The summed E-state index contributed by atoms with van der Waals surface area (Å²) in [5.41, 5.74) is 2.89. The number of fused-ring (bicyclic) bond motifs is 1. The molecule has 0 radical (unpaired) electrons. The Morgan fingerprint density at radius 2 is 1.96 bits per heavy atom. The first kappa shape index (κ1) is 36.6. The van der Waals surface area contributed by atoms with E-state index in [0.717, 1.165) is 102 Å². The third-order valence-electron chi connectivity index (χ3n) is 11.6. The molecule has 1 aromatic carbocycles. The Hall–Kier alpha value is -3.71. The maximum atomic E-state index is 13.6. The highest BCUT2D eigenvalue weighted by molar-refractivity contribution is 5.79. The summed E-state index contributed by atoms with van der Waals surface area (Å²) in [4.78, 5) is 31.8. The summed E-state index contributed by atoms with van der Waals surface area (Å²) < 4.78 is 32.3. The normalized spacial score (nSPS) is 21.6. The number of likely N-dealkylation sites (tertiary alicyclic amines) is 1. The largest absolute Gasteiger partial charge is 0.490 e. The molecule has 0 amide bonds. The molecule has 12 heteroatoms. The minimum atomic E-state index is -0.491. The van der Waals surface area contributed by atoms with Gasteiger partial charge >= 0.3 is 0 Å². The number of carbonyl (C=O) groups excluding carboxylic acids is 1. The van der Waals surface area contributed by atoms with Gasteiger partial charge in [-0.1, -0.05) is 6.92 Å². The highest BCUT2D eigenvalue weighted by Crippen LogP contribution is 2.52. The van der Waals surface area contributed by atoms with Crippen LogP contribution >= 0.6 is 0 Å². The predicted molar refractivity (Wildman–Crippen MR) is 198 cm³/mol. The second-order valence-electron chi connectivity index (χ2n) is 15.7. The fraction of sp³-hybridized carbons (Fsp3) is 0.600. The second kappa shape index (κ2) is 15.7. The summed E-state index contributed by atoms with van der Waals surface area (Å²) in [6.07, 6.45) is 13.2. The number of carbonyl (C=O) groups is 1. The summed E-state index contributed by atoms with van der Waals surface area (Å²) in [7, 11) is 2.13. The SMILES string of the molecule is CCN(C)C(C)C.O=Cc1cc(F)ccc1Oc1cncnc1N1CC2(CC(Oc3ccnc4c3C(CCCN3CC5(CCCO5)C3)NCC4)C2)C1. The molecule has 5 aliphatic rings. The highest BCUT2D eigenvalue weighted by atomic mass is 19.1. The lowest BCUT2D eigenvalue weighted by Gasteiger charge is -2.59. The van der Waals surface area contributed by atoms with Crippen LogP contribution in [0.5, 0.6) is 17.2 Å². The fourth-order valence-electron chi connectivity index (χ4n) is 8.48.